The smallest absolute Gasteiger partial charge is 0.259 e. The second-order valence-corrected chi connectivity index (χ2v) is 5.48. The number of hydrogen-bond acceptors (Lipinski definition) is 3. The molecule has 3 aromatic rings. The van der Waals surface area contributed by atoms with Crippen LogP contribution >= 0.6 is 11.6 Å². The van der Waals surface area contributed by atoms with Gasteiger partial charge in [0.1, 0.15) is 12.4 Å². The number of carbonyl (C=O) groups is 1. The first-order valence-corrected chi connectivity index (χ1v) is 7.78. The number of anilines is 1. The van der Waals surface area contributed by atoms with Crippen LogP contribution in [0, 0.1) is 0 Å². The normalized spacial score (nSPS) is 10.2. The Morgan fingerprint density at radius 3 is 2.62 bits per heavy atom. The summed E-state index contributed by atoms with van der Waals surface area (Å²) >= 11 is 6.13. The number of benzene rings is 2. The first-order valence-electron chi connectivity index (χ1n) is 7.40. The van der Waals surface area contributed by atoms with Crippen molar-refractivity contribution in [1.82, 2.24) is 4.98 Å². The third-order valence-corrected chi connectivity index (χ3v) is 3.76. The topological polar surface area (TPSA) is 51.2 Å². The van der Waals surface area contributed by atoms with Crippen LogP contribution in [-0.2, 0) is 6.61 Å². The molecule has 0 atom stereocenters. The number of rotatable bonds is 5. The summed E-state index contributed by atoms with van der Waals surface area (Å²) in [5.74, 6) is 0.247. The van der Waals surface area contributed by atoms with Gasteiger partial charge in [-0.15, -0.1) is 0 Å². The van der Waals surface area contributed by atoms with Crippen molar-refractivity contribution in [2.45, 2.75) is 6.61 Å². The summed E-state index contributed by atoms with van der Waals surface area (Å²) in [6, 6.07) is 18.1. The predicted molar refractivity (Wildman–Crippen MR) is 94.4 cm³/mol. The van der Waals surface area contributed by atoms with Crippen molar-refractivity contribution in [2.75, 3.05) is 5.32 Å². The summed E-state index contributed by atoms with van der Waals surface area (Å²) in [4.78, 5) is 16.4. The molecule has 24 heavy (non-hydrogen) atoms. The van der Waals surface area contributed by atoms with Crippen LogP contribution in [0.25, 0.3) is 0 Å². The third kappa shape index (κ3) is 3.91. The Morgan fingerprint density at radius 1 is 1.04 bits per heavy atom. The number of ether oxygens (including phenoxy) is 1. The monoisotopic (exact) mass is 338 g/mol. The molecule has 1 N–H and O–H groups in total. The highest BCUT2D eigenvalue weighted by Crippen LogP contribution is 2.22. The minimum absolute atomic E-state index is 0.252. The highest BCUT2D eigenvalue weighted by Gasteiger charge is 2.13. The number of amides is 1. The van der Waals surface area contributed by atoms with Crippen molar-refractivity contribution in [3.05, 3.63) is 89.2 Å². The summed E-state index contributed by atoms with van der Waals surface area (Å²) in [5.41, 5.74) is 1.94. The van der Waals surface area contributed by atoms with Crippen LogP contribution in [0.2, 0.25) is 5.02 Å². The lowest BCUT2D eigenvalue weighted by Crippen LogP contribution is -2.13. The lowest BCUT2D eigenvalue weighted by molar-refractivity contribution is 0.102. The number of nitrogens with one attached hydrogen (secondary N) is 1. The van der Waals surface area contributed by atoms with Gasteiger partial charge in [0.2, 0.25) is 0 Å². The molecular formula is C19H15ClN2O2. The molecule has 4 nitrogen and oxygen atoms in total. The van der Waals surface area contributed by atoms with Gasteiger partial charge in [-0.05, 0) is 30.3 Å². The minimum atomic E-state index is -0.252. The van der Waals surface area contributed by atoms with E-state index >= 15 is 0 Å². The molecule has 0 bridgehead atoms. The number of nitrogens with zero attached hydrogens (tertiary/aromatic N) is 1. The van der Waals surface area contributed by atoms with Crippen LogP contribution < -0.4 is 10.1 Å². The Labute approximate surface area is 145 Å². The Morgan fingerprint density at radius 2 is 1.83 bits per heavy atom. The van der Waals surface area contributed by atoms with Crippen molar-refractivity contribution in [3.8, 4) is 5.75 Å². The number of halogens is 1. The highest BCUT2D eigenvalue weighted by molar-refractivity contribution is 6.31. The molecule has 0 fully saturated rings. The molecule has 1 amide bonds. The van der Waals surface area contributed by atoms with Gasteiger partial charge in [-0.3, -0.25) is 9.78 Å². The number of para-hydroxylation sites is 1. The first kappa shape index (κ1) is 16.0. The molecule has 0 aliphatic heterocycles. The van der Waals surface area contributed by atoms with E-state index in [1.165, 1.54) is 0 Å². The van der Waals surface area contributed by atoms with Crippen molar-refractivity contribution in [3.63, 3.8) is 0 Å². The van der Waals surface area contributed by atoms with Crippen molar-refractivity contribution in [1.29, 1.82) is 0 Å². The molecule has 0 saturated heterocycles. The fourth-order valence-electron chi connectivity index (χ4n) is 2.19. The molecule has 2 aromatic carbocycles. The number of hydrogen-bond donors (Lipinski definition) is 1. The van der Waals surface area contributed by atoms with Gasteiger partial charge in [0.25, 0.3) is 5.91 Å². The zero-order valence-corrected chi connectivity index (χ0v) is 13.5. The molecule has 0 aliphatic rings. The molecule has 1 heterocycles. The van der Waals surface area contributed by atoms with Gasteiger partial charge < -0.3 is 10.1 Å². The molecule has 3 rings (SSSR count). The van der Waals surface area contributed by atoms with Crippen LogP contribution in [0.1, 0.15) is 15.9 Å². The number of pyridine rings is 1. The lowest BCUT2D eigenvalue weighted by atomic mass is 10.2. The molecule has 0 saturated carbocycles. The lowest BCUT2D eigenvalue weighted by Gasteiger charge is -2.12. The van der Waals surface area contributed by atoms with Gasteiger partial charge in [-0.1, -0.05) is 41.9 Å². The second-order valence-electron chi connectivity index (χ2n) is 5.07. The Bertz CT molecular complexity index is 838. The van der Waals surface area contributed by atoms with E-state index in [9.17, 15) is 4.79 Å². The van der Waals surface area contributed by atoms with E-state index < -0.39 is 0 Å². The summed E-state index contributed by atoms with van der Waals surface area (Å²) in [5, 5.41) is 3.43. The summed E-state index contributed by atoms with van der Waals surface area (Å²) in [6.45, 7) is 0.289. The number of aromatic nitrogens is 1. The molecule has 0 spiro atoms. The zero-order chi connectivity index (χ0) is 16.8. The zero-order valence-electron chi connectivity index (χ0n) is 12.8. The molecular weight excluding hydrogens is 324 g/mol. The SMILES string of the molecule is O=C(Nc1cccnc1)c1ccccc1OCc1ccccc1Cl. The molecule has 0 aliphatic carbocycles. The quantitative estimate of drug-likeness (QED) is 0.741. The molecule has 0 radical (unpaired) electrons. The maximum absolute atomic E-state index is 12.5. The standard InChI is InChI=1S/C19H15ClN2O2/c20-17-9-3-1-6-14(17)13-24-18-10-4-2-8-16(18)19(23)22-15-7-5-11-21-12-15/h1-12H,13H2,(H,22,23). The van der Waals surface area contributed by atoms with Gasteiger partial charge >= 0.3 is 0 Å². The fourth-order valence-corrected chi connectivity index (χ4v) is 2.38. The molecule has 1 aromatic heterocycles. The van der Waals surface area contributed by atoms with Gasteiger partial charge in [0.15, 0.2) is 0 Å². The molecule has 5 heteroatoms. The van der Waals surface area contributed by atoms with E-state index in [2.05, 4.69) is 10.3 Å². The van der Waals surface area contributed by atoms with E-state index in [0.717, 1.165) is 5.56 Å². The van der Waals surface area contributed by atoms with Gasteiger partial charge in [0, 0.05) is 16.8 Å². The largest absolute Gasteiger partial charge is 0.488 e. The minimum Gasteiger partial charge on any atom is -0.488 e. The highest BCUT2D eigenvalue weighted by atomic mass is 35.5. The van der Waals surface area contributed by atoms with E-state index in [1.807, 2.05) is 24.3 Å². The van der Waals surface area contributed by atoms with E-state index in [0.29, 0.717) is 22.0 Å². The van der Waals surface area contributed by atoms with E-state index in [-0.39, 0.29) is 12.5 Å². The van der Waals surface area contributed by atoms with Crippen molar-refractivity contribution >= 4 is 23.2 Å². The number of carbonyl (C=O) groups excluding carboxylic acids is 1. The Balaban J connectivity index is 1.75. The van der Waals surface area contributed by atoms with Gasteiger partial charge in [0.05, 0.1) is 17.4 Å². The van der Waals surface area contributed by atoms with Crippen LogP contribution in [0.15, 0.2) is 73.1 Å². The average molecular weight is 339 g/mol. The Hall–Kier alpha value is -2.85. The third-order valence-electron chi connectivity index (χ3n) is 3.39. The van der Waals surface area contributed by atoms with E-state index in [4.69, 9.17) is 16.3 Å². The van der Waals surface area contributed by atoms with Gasteiger partial charge in [-0.2, -0.15) is 0 Å². The maximum atomic E-state index is 12.5. The molecule has 120 valence electrons. The van der Waals surface area contributed by atoms with Crippen LogP contribution in [0.4, 0.5) is 5.69 Å². The van der Waals surface area contributed by atoms with E-state index in [1.54, 1.807) is 48.8 Å². The van der Waals surface area contributed by atoms with Crippen LogP contribution in [0.5, 0.6) is 5.75 Å². The van der Waals surface area contributed by atoms with Crippen molar-refractivity contribution < 1.29 is 9.53 Å². The van der Waals surface area contributed by atoms with Gasteiger partial charge in [-0.25, -0.2) is 0 Å². The maximum Gasteiger partial charge on any atom is 0.259 e. The van der Waals surface area contributed by atoms with Crippen molar-refractivity contribution in [2.24, 2.45) is 0 Å². The first-order chi connectivity index (χ1) is 11.7. The van der Waals surface area contributed by atoms with Crippen LogP contribution in [0.3, 0.4) is 0 Å². The summed E-state index contributed by atoms with van der Waals surface area (Å²) in [6.07, 6.45) is 3.24. The fraction of sp³-hybridized carbons (Fsp3) is 0.0526. The summed E-state index contributed by atoms with van der Waals surface area (Å²) < 4.78 is 5.80. The summed E-state index contributed by atoms with van der Waals surface area (Å²) in [7, 11) is 0. The Kier molecular flexibility index (Phi) is 5.08. The van der Waals surface area contributed by atoms with Crippen LogP contribution in [-0.4, -0.2) is 10.9 Å². The molecule has 0 unspecified atom stereocenters. The predicted octanol–water partition coefficient (Wildman–Crippen LogP) is 4.57. The average Bonchev–Trinajstić information content (AvgIpc) is 2.62. The second kappa shape index (κ2) is 7.62.